The van der Waals surface area contributed by atoms with Crippen LogP contribution in [0.1, 0.15) is 19.4 Å². The number of nitrogens with two attached hydrogens (primary N) is 1. The van der Waals surface area contributed by atoms with Gasteiger partial charge in [0.1, 0.15) is 0 Å². The minimum Gasteiger partial charge on any atom is -0.330 e. The molecule has 0 unspecified atom stereocenters. The van der Waals surface area contributed by atoms with Crippen molar-refractivity contribution in [2.75, 3.05) is 20.1 Å². The van der Waals surface area contributed by atoms with Crippen molar-refractivity contribution >= 4 is 26.0 Å². The lowest BCUT2D eigenvalue weighted by molar-refractivity contribution is 0.292. The molecule has 0 atom stereocenters. The van der Waals surface area contributed by atoms with Crippen molar-refractivity contribution in [2.24, 2.45) is 11.1 Å². The molecule has 0 fully saturated rings. The van der Waals surface area contributed by atoms with Crippen LogP contribution in [0.15, 0.2) is 27.6 Å². The molecular formula is C13H21BrN2O2S. The molecule has 0 saturated carbocycles. The maximum absolute atomic E-state index is 12.6. The molecule has 0 bridgehead atoms. The van der Waals surface area contributed by atoms with Crippen molar-refractivity contribution in [3.05, 3.63) is 28.2 Å². The summed E-state index contributed by atoms with van der Waals surface area (Å²) in [6.07, 6.45) is 0. The van der Waals surface area contributed by atoms with E-state index < -0.39 is 10.0 Å². The summed E-state index contributed by atoms with van der Waals surface area (Å²) in [5.41, 5.74) is 6.15. The number of sulfonamides is 1. The van der Waals surface area contributed by atoms with Crippen LogP contribution in [0.2, 0.25) is 0 Å². The average molecular weight is 349 g/mol. The van der Waals surface area contributed by atoms with Crippen LogP contribution in [-0.4, -0.2) is 32.9 Å². The van der Waals surface area contributed by atoms with E-state index in [-0.39, 0.29) is 5.41 Å². The fourth-order valence-electron chi connectivity index (χ4n) is 1.77. The first-order valence-electron chi connectivity index (χ1n) is 6.03. The molecule has 1 rings (SSSR count). The Labute approximate surface area is 124 Å². The second-order valence-corrected chi connectivity index (χ2v) is 8.47. The van der Waals surface area contributed by atoms with E-state index in [1.54, 1.807) is 26.1 Å². The van der Waals surface area contributed by atoms with Gasteiger partial charge in [-0.1, -0.05) is 35.8 Å². The van der Waals surface area contributed by atoms with E-state index in [4.69, 9.17) is 5.73 Å². The summed E-state index contributed by atoms with van der Waals surface area (Å²) in [5.74, 6) is 0. The van der Waals surface area contributed by atoms with Crippen molar-refractivity contribution < 1.29 is 8.42 Å². The molecule has 0 aliphatic carbocycles. The summed E-state index contributed by atoms with van der Waals surface area (Å²) in [5, 5.41) is 0. The first kappa shape index (κ1) is 16.6. The van der Waals surface area contributed by atoms with E-state index in [0.29, 0.717) is 18.0 Å². The maximum Gasteiger partial charge on any atom is 0.243 e. The van der Waals surface area contributed by atoms with Gasteiger partial charge in [0.25, 0.3) is 0 Å². The largest absolute Gasteiger partial charge is 0.330 e. The third kappa shape index (κ3) is 4.02. The van der Waals surface area contributed by atoms with Crippen molar-refractivity contribution in [1.82, 2.24) is 4.31 Å². The Morgan fingerprint density at radius 3 is 2.47 bits per heavy atom. The van der Waals surface area contributed by atoms with Gasteiger partial charge in [0.2, 0.25) is 10.0 Å². The Bertz CT molecular complexity index is 556. The van der Waals surface area contributed by atoms with E-state index in [2.05, 4.69) is 15.9 Å². The minimum atomic E-state index is -3.49. The zero-order chi connectivity index (χ0) is 14.8. The highest BCUT2D eigenvalue weighted by atomic mass is 79.9. The van der Waals surface area contributed by atoms with Gasteiger partial charge in [-0.3, -0.25) is 0 Å². The second-order valence-electron chi connectivity index (χ2n) is 5.54. The molecule has 0 heterocycles. The van der Waals surface area contributed by atoms with Gasteiger partial charge in [0, 0.05) is 18.1 Å². The van der Waals surface area contributed by atoms with Gasteiger partial charge in [-0.25, -0.2) is 12.7 Å². The first-order chi connectivity index (χ1) is 8.60. The van der Waals surface area contributed by atoms with E-state index in [9.17, 15) is 8.42 Å². The topological polar surface area (TPSA) is 63.4 Å². The van der Waals surface area contributed by atoms with E-state index in [1.807, 2.05) is 19.9 Å². The van der Waals surface area contributed by atoms with Crippen molar-refractivity contribution in [1.29, 1.82) is 0 Å². The summed E-state index contributed by atoms with van der Waals surface area (Å²) < 4.78 is 27.2. The van der Waals surface area contributed by atoms with Crippen LogP contribution in [0.3, 0.4) is 0 Å². The van der Waals surface area contributed by atoms with Crippen molar-refractivity contribution in [3.63, 3.8) is 0 Å². The van der Waals surface area contributed by atoms with Gasteiger partial charge in [0.05, 0.1) is 4.90 Å². The Balaban J connectivity index is 3.14. The Hall–Kier alpha value is -0.430. The Morgan fingerprint density at radius 2 is 1.95 bits per heavy atom. The van der Waals surface area contributed by atoms with Gasteiger partial charge in [-0.15, -0.1) is 0 Å². The molecule has 0 aliphatic heterocycles. The Kier molecular flexibility index (Phi) is 5.17. The third-order valence-corrected chi connectivity index (χ3v) is 5.48. The minimum absolute atomic E-state index is 0.248. The van der Waals surface area contributed by atoms with Crippen LogP contribution < -0.4 is 5.73 Å². The lowest BCUT2D eigenvalue weighted by atomic mass is 9.94. The summed E-state index contributed by atoms with van der Waals surface area (Å²) in [4.78, 5) is 0.331. The van der Waals surface area contributed by atoms with Crippen LogP contribution >= 0.6 is 15.9 Å². The molecular weight excluding hydrogens is 328 g/mol. The normalized spacial score (nSPS) is 13.0. The molecule has 0 aromatic heterocycles. The smallest absolute Gasteiger partial charge is 0.243 e. The van der Waals surface area contributed by atoms with Crippen molar-refractivity contribution in [3.8, 4) is 0 Å². The Morgan fingerprint density at radius 1 is 1.37 bits per heavy atom. The van der Waals surface area contributed by atoms with Crippen LogP contribution in [0.25, 0.3) is 0 Å². The molecule has 0 radical (unpaired) electrons. The highest BCUT2D eigenvalue weighted by Crippen LogP contribution is 2.25. The van der Waals surface area contributed by atoms with Crippen LogP contribution in [0.5, 0.6) is 0 Å². The first-order valence-corrected chi connectivity index (χ1v) is 8.26. The molecule has 108 valence electrons. The van der Waals surface area contributed by atoms with Crippen LogP contribution in [0, 0.1) is 12.3 Å². The zero-order valence-electron chi connectivity index (χ0n) is 11.8. The predicted octanol–water partition coefficient (Wildman–Crippen LogP) is 2.36. The van der Waals surface area contributed by atoms with E-state index in [1.165, 1.54) is 4.31 Å². The lowest BCUT2D eigenvalue weighted by Gasteiger charge is -2.28. The standard InChI is InChI=1S/C13H21BrN2O2S/c1-10-5-6-11(14)7-12(10)19(17,18)16(4)9-13(2,3)8-15/h5-7H,8-9,15H2,1-4H3. The third-order valence-electron chi connectivity index (χ3n) is 3.04. The molecule has 6 heteroatoms. The van der Waals surface area contributed by atoms with Gasteiger partial charge in [0.15, 0.2) is 0 Å². The number of benzene rings is 1. The highest BCUT2D eigenvalue weighted by molar-refractivity contribution is 9.10. The summed E-state index contributed by atoms with van der Waals surface area (Å²) in [6, 6.07) is 5.26. The molecule has 0 aliphatic rings. The monoisotopic (exact) mass is 348 g/mol. The lowest BCUT2D eigenvalue weighted by Crippen LogP contribution is -2.39. The quantitative estimate of drug-likeness (QED) is 0.888. The number of rotatable bonds is 5. The fraction of sp³-hybridized carbons (Fsp3) is 0.538. The average Bonchev–Trinajstić information content (AvgIpc) is 2.31. The van der Waals surface area contributed by atoms with Crippen molar-refractivity contribution in [2.45, 2.75) is 25.7 Å². The molecule has 4 nitrogen and oxygen atoms in total. The number of aryl methyl sites for hydroxylation is 1. The van der Waals surface area contributed by atoms with Gasteiger partial charge in [-0.2, -0.15) is 0 Å². The van der Waals surface area contributed by atoms with Crippen LogP contribution in [-0.2, 0) is 10.0 Å². The van der Waals surface area contributed by atoms with Gasteiger partial charge < -0.3 is 5.73 Å². The van der Waals surface area contributed by atoms with E-state index in [0.717, 1.165) is 10.0 Å². The molecule has 0 amide bonds. The fourth-order valence-corrected chi connectivity index (χ4v) is 3.89. The number of hydrogen-bond donors (Lipinski definition) is 1. The molecule has 1 aromatic rings. The number of nitrogens with zero attached hydrogens (tertiary/aromatic N) is 1. The summed E-state index contributed by atoms with van der Waals surface area (Å²) in [6.45, 7) is 6.52. The number of hydrogen-bond acceptors (Lipinski definition) is 3. The molecule has 2 N–H and O–H groups in total. The highest BCUT2D eigenvalue weighted by Gasteiger charge is 2.28. The summed E-state index contributed by atoms with van der Waals surface area (Å²) >= 11 is 3.31. The second kappa shape index (κ2) is 5.91. The van der Waals surface area contributed by atoms with Crippen LogP contribution in [0.4, 0.5) is 0 Å². The molecule has 0 saturated heterocycles. The summed E-state index contributed by atoms with van der Waals surface area (Å²) in [7, 11) is -1.90. The van der Waals surface area contributed by atoms with Gasteiger partial charge >= 0.3 is 0 Å². The predicted molar refractivity (Wildman–Crippen MR) is 81.5 cm³/mol. The molecule has 0 spiro atoms. The maximum atomic E-state index is 12.6. The zero-order valence-corrected chi connectivity index (χ0v) is 14.2. The van der Waals surface area contributed by atoms with Gasteiger partial charge in [-0.05, 0) is 36.6 Å². The molecule has 19 heavy (non-hydrogen) atoms. The van der Waals surface area contributed by atoms with E-state index >= 15 is 0 Å². The molecule has 1 aromatic carbocycles. The number of halogens is 1. The SMILES string of the molecule is Cc1ccc(Br)cc1S(=O)(=O)N(C)CC(C)(C)CN.